The average Bonchev–Trinajstić information content (AvgIpc) is 2.29. The summed E-state index contributed by atoms with van der Waals surface area (Å²) < 4.78 is 5.30. The number of benzene rings is 1. The Labute approximate surface area is 103 Å². The number of rotatable bonds is 5. The van der Waals surface area contributed by atoms with E-state index in [1.807, 2.05) is 24.3 Å². The SMILES string of the molecule is COc1ccc(CC(O)CC#N)cc1C(C)C. The fraction of sp³-hybridized carbons (Fsp3) is 0.500. The first-order valence-corrected chi connectivity index (χ1v) is 5.80. The second-order valence-corrected chi connectivity index (χ2v) is 4.45. The van der Waals surface area contributed by atoms with Crippen LogP contribution in [0.25, 0.3) is 0 Å². The fourth-order valence-corrected chi connectivity index (χ4v) is 1.81. The molecule has 0 aliphatic carbocycles. The average molecular weight is 233 g/mol. The molecule has 1 aromatic carbocycles. The molecule has 0 bridgehead atoms. The Hall–Kier alpha value is -1.53. The van der Waals surface area contributed by atoms with Gasteiger partial charge < -0.3 is 9.84 Å². The highest BCUT2D eigenvalue weighted by Crippen LogP contribution is 2.27. The normalized spacial score (nSPS) is 12.2. The van der Waals surface area contributed by atoms with E-state index in [4.69, 9.17) is 10.00 Å². The number of nitrogens with zero attached hydrogens (tertiary/aromatic N) is 1. The van der Waals surface area contributed by atoms with Gasteiger partial charge in [0, 0.05) is 0 Å². The van der Waals surface area contributed by atoms with Crippen LogP contribution in [-0.4, -0.2) is 18.3 Å². The van der Waals surface area contributed by atoms with Gasteiger partial charge in [-0.15, -0.1) is 0 Å². The molecule has 0 saturated heterocycles. The van der Waals surface area contributed by atoms with Crippen LogP contribution in [0, 0.1) is 11.3 Å². The molecule has 1 aromatic rings. The van der Waals surface area contributed by atoms with Crippen LogP contribution >= 0.6 is 0 Å². The first-order valence-electron chi connectivity index (χ1n) is 5.80. The maximum Gasteiger partial charge on any atom is 0.122 e. The minimum atomic E-state index is -0.589. The van der Waals surface area contributed by atoms with Crippen molar-refractivity contribution >= 4 is 0 Å². The molecule has 0 radical (unpaired) electrons. The van der Waals surface area contributed by atoms with E-state index in [0.29, 0.717) is 12.3 Å². The fourth-order valence-electron chi connectivity index (χ4n) is 1.81. The summed E-state index contributed by atoms with van der Waals surface area (Å²) in [5.74, 6) is 1.25. The van der Waals surface area contributed by atoms with Crippen molar-refractivity contribution in [3.05, 3.63) is 29.3 Å². The Bertz CT molecular complexity index is 407. The van der Waals surface area contributed by atoms with Crippen LogP contribution in [0.15, 0.2) is 18.2 Å². The highest BCUT2D eigenvalue weighted by molar-refractivity contribution is 5.39. The Morgan fingerprint density at radius 2 is 2.12 bits per heavy atom. The van der Waals surface area contributed by atoms with Crippen LogP contribution in [0.3, 0.4) is 0 Å². The minimum Gasteiger partial charge on any atom is -0.496 e. The zero-order chi connectivity index (χ0) is 12.8. The van der Waals surface area contributed by atoms with Gasteiger partial charge in [0.2, 0.25) is 0 Å². The molecule has 0 amide bonds. The molecule has 0 aliphatic rings. The van der Waals surface area contributed by atoms with Crippen molar-refractivity contribution in [1.82, 2.24) is 0 Å². The Balaban J connectivity index is 2.89. The first-order chi connectivity index (χ1) is 8.08. The van der Waals surface area contributed by atoms with Crippen molar-refractivity contribution in [3.63, 3.8) is 0 Å². The molecule has 92 valence electrons. The lowest BCUT2D eigenvalue weighted by Gasteiger charge is -2.14. The standard InChI is InChI=1S/C14H19NO2/c1-10(2)13-9-11(4-5-14(13)17-3)8-12(16)6-7-15/h4-5,9-10,12,16H,6,8H2,1-3H3. The van der Waals surface area contributed by atoms with Gasteiger partial charge in [0.15, 0.2) is 0 Å². The number of hydrogen-bond donors (Lipinski definition) is 1. The molecule has 1 rings (SSSR count). The summed E-state index contributed by atoms with van der Waals surface area (Å²) >= 11 is 0. The number of methoxy groups -OCH3 is 1. The minimum absolute atomic E-state index is 0.170. The van der Waals surface area contributed by atoms with Crippen LogP contribution in [0.2, 0.25) is 0 Å². The van der Waals surface area contributed by atoms with Crippen LogP contribution < -0.4 is 4.74 Å². The molecular formula is C14H19NO2. The third kappa shape index (κ3) is 3.76. The molecule has 1 unspecified atom stereocenters. The largest absolute Gasteiger partial charge is 0.496 e. The van der Waals surface area contributed by atoms with Gasteiger partial charge in [-0.2, -0.15) is 5.26 Å². The Morgan fingerprint density at radius 3 is 2.65 bits per heavy atom. The molecule has 0 aromatic heterocycles. The van der Waals surface area contributed by atoms with Crippen LogP contribution in [0.1, 0.15) is 37.3 Å². The second-order valence-electron chi connectivity index (χ2n) is 4.45. The summed E-state index contributed by atoms with van der Waals surface area (Å²) in [6.45, 7) is 4.21. The number of hydrogen-bond acceptors (Lipinski definition) is 3. The Morgan fingerprint density at radius 1 is 1.41 bits per heavy atom. The molecule has 3 heteroatoms. The molecule has 0 heterocycles. The predicted molar refractivity (Wildman–Crippen MR) is 67.0 cm³/mol. The Kier molecular flexibility index (Phi) is 4.99. The number of ether oxygens (including phenoxy) is 1. The zero-order valence-corrected chi connectivity index (χ0v) is 10.6. The van der Waals surface area contributed by atoms with Gasteiger partial charge in [-0.05, 0) is 29.5 Å². The van der Waals surface area contributed by atoms with Crippen molar-refractivity contribution in [1.29, 1.82) is 5.26 Å². The second kappa shape index (κ2) is 6.27. The molecule has 0 spiro atoms. The maximum absolute atomic E-state index is 9.60. The molecule has 0 aliphatic heterocycles. The van der Waals surface area contributed by atoms with E-state index in [2.05, 4.69) is 13.8 Å². The van der Waals surface area contributed by atoms with Crippen LogP contribution in [-0.2, 0) is 6.42 Å². The quantitative estimate of drug-likeness (QED) is 0.850. The maximum atomic E-state index is 9.60. The van der Waals surface area contributed by atoms with Gasteiger partial charge >= 0.3 is 0 Å². The van der Waals surface area contributed by atoms with E-state index in [0.717, 1.165) is 16.9 Å². The molecule has 1 N–H and O–H groups in total. The summed E-state index contributed by atoms with van der Waals surface area (Å²) in [5.41, 5.74) is 2.17. The lowest BCUT2D eigenvalue weighted by Crippen LogP contribution is -2.09. The lowest BCUT2D eigenvalue weighted by molar-refractivity contribution is 0.180. The zero-order valence-electron chi connectivity index (χ0n) is 10.6. The summed E-state index contributed by atoms with van der Waals surface area (Å²) in [6, 6.07) is 7.87. The van der Waals surface area contributed by atoms with E-state index in [1.165, 1.54) is 0 Å². The number of aliphatic hydroxyl groups excluding tert-OH is 1. The summed E-state index contributed by atoms with van der Waals surface area (Å²) in [7, 11) is 1.66. The highest BCUT2D eigenvalue weighted by atomic mass is 16.5. The summed E-state index contributed by atoms with van der Waals surface area (Å²) in [5, 5.41) is 18.1. The monoisotopic (exact) mass is 233 g/mol. The summed E-state index contributed by atoms with van der Waals surface area (Å²) in [4.78, 5) is 0. The van der Waals surface area contributed by atoms with Crippen LogP contribution in [0.4, 0.5) is 0 Å². The van der Waals surface area contributed by atoms with E-state index in [1.54, 1.807) is 7.11 Å². The molecule has 0 saturated carbocycles. The van der Waals surface area contributed by atoms with Gasteiger partial charge in [0.05, 0.1) is 25.7 Å². The van der Waals surface area contributed by atoms with Crippen molar-refractivity contribution in [3.8, 4) is 11.8 Å². The molecule has 3 nitrogen and oxygen atoms in total. The van der Waals surface area contributed by atoms with Gasteiger partial charge in [-0.25, -0.2) is 0 Å². The number of aliphatic hydroxyl groups is 1. The van der Waals surface area contributed by atoms with E-state index < -0.39 is 6.10 Å². The third-order valence-corrected chi connectivity index (χ3v) is 2.71. The van der Waals surface area contributed by atoms with E-state index in [9.17, 15) is 5.11 Å². The lowest BCUT2D eigenvalue weighted by atomic mass is 9.97. The van der Waals surface area contributed by atoms with Crippen molar-refractivity contribution in [2.24, 2.45) is 0 Å². The van der Waals surface area contributed by atoms with E-state index in [-0.39, 0.29) is 6.42 Å². The van der Waals surface area contributed by atoms with Crippen molar-refractivity contribution < 1.29 is 9.84 Å². The molecule has 17 heavy (non-hydrogen) atoms. The summed E-state index contributed by atoms with van der Waals surface area (Å²) in [6.07, 6.45) is 0.0914. The number of nitriles is 1. The van der Waals surface area contributed by atoms with E-state index >= 15 is 0 Å². The van der Waals surface area contributed by atoms with Gasteiger partial charge in [0.1, 0.15) is 5.75 Å². The van der Waals surface area contributed by atoms with Gasteiger partial charge in [0.25, 0.3) is 0 Å². The van der Waals surface area contributed by atoms with Crippen molar-refractivity contribution in [2.75, 3.05) is 7.11 Å². The molecule has 0 fully saturated rings. The third-order valence-electron chi connectivity index (χ3n) is 2.71. The van der Waals surface area contributed by atoms with Gasteiger partial charge in [-0.1, -0.05) is 26.0 Å². The van der Waals surface area contributed by atoms with Gasteiger partial charge in [-0.3, -0.25) is 0 Å². The first kappa shape index (κ1) is 13.5. The molecular weight excluding hydrogens is 214 g/mol. The van der Waals surface area contributed by atoms with Crippen LogP contribution in [0.5, 0.6) is 5.75 Å². The molecule has 1 atom stereocenters. The highest BCUT2D eigenvalue weighted by Gasteiger charge is 2.10. The predicted octanol–water partition coefficient (Wildman–Crippen LogP) is 2.64. The smallest absolute Gasteiger partial charge is 0.122 e. The van der Waals surface area contributed by atoms with Crippen molar-refractivity contribution in [2.45, 2.75) is 38.7 Å². The topological polar surface area (TPSA) is 53.2 Å².